The van der Waals surface area contributed by atoms with Gasteiger partial charge < -0.3 is 4.74 Å². The molecule has 0 aliphatic carbocycles. The lowest BCUT2D eigenvalue weighted by Crippen LogP contribution is -2.47. The molecule has 2 rings (SSSR count). The SMILES string of the molecule is CC(=O)c1ccc(C(=O)NNC(=O)[C@@H](C)Oc2ccc(F)cc2)s1. The van der Waals surface area contributed by atoms with Crippen molar-refractivity contribution in [1.29, 1.82) is 0 Å². The van der Waals surface area contributed by atoms with E-state index in [4.69, 9.17) is 4.74 Å². The van der Waals surface area contributed by atoms with Gasteiger partial charge in [0.05, 0.1) is 9.75 Å². The normalized spacial score (nSPS) is 11.5. The first kappa shape index (κ1) is 17.6. The molecular weight excluding hydrogens is 335 g/mol. The molecule has 1 atom stereocenters. The minimum Gasteiger partial charge on any atom is -0.481 e. The molecular formula is C16H15FN2O4S. The third-order valence-electron chi connectivity index (χ3n) is 2.97. The van der Waals surface area contributed by atoms with Crippen molar-refractivity contribution in [3.8, 4) is 5.75 Å². The van der Waals surface area contributed by atoms with E-state index in [1.54, 1.807) is 6.07 Å². The summed E-state index contributed by atoms with van der Waals surface area (Å²) in [6.45, 7) is 2.90. The summed E-state index contributed by atoms with van der Waals surface area (Å²) in [6.07, 6.45) is -0.896. The fourth-order valence-electron chi connectivity index (χ4n) is 1.70. The van der Waals surface area contributed by atoms with E-state index in [2.05, 4.69) is 10.9 Å². The molecule has 2 aromatic rings. The van der Waals surface area contributed by atoms with Crippen LogP contribution in [0.3, 0.4) is 0 Å². The molecule has 1 aromatic heterocycles. The van der Waals surface area contributed by atoms with E-state index in [0.717, 1.165) is 11.3 Å². The van der Waals surface area contributed by atoms with E-state index in [1.807, 2.05) is 0 Å². The third-order valence-corrected chi connectivity index (χ3v) is 4.16. The molecule has 1 aromatic carbocycles. The Morgan fingerprint density at radius 2 is 1.67 bits per heavy atom. The van der Waals surface area contributed by atoms with Crippen LogP contribution in [0.1, 0.15) is 33.2 Å². The van der Waals surface area contributed by atoms with Crippen molar-refractivity contribution in [2.45, 2.75) is 20.0 Å². The average molecular weight is 350 g/mol. The van der Waals surface area contributed by atoms with E-state index in [-0.39, 0.29) is 5.78 Å². The van der Waals surface area contributed by atoms with Crippen LogP contribution >= 0.6 is 11.3 Å². The lowest BCUT2D eigenvalue weighted by Gasteiger charge is -2.14. The summed E-state index contributed by atoms with van der Waals surface area (Å²) >= 11 is 1.03. The number of ketones is 1. The average Bonchev–Trinajstić information content (AvgIpc) is 3.04. The van der Waals surface area contributed by atoms with Gasteiger partial charge in [-0.3, -0.25) is 25.2 Å². The van der Waals surface area contributed by atoms with Crippen LogP contribution in [-0.4, -0.2) is 23.7 Å². The van der Waals surface area contributed by atoms with E-state index in [9.17, 15) is 18.8 Å². The Bertz CT molecular complexity index is 758. The number of benzene rings is 1. The van der Waals surface area contributed by atoms with Gasteiger partial charge in [-0.1, -0.05) is 0 Å². The van der Waals surface area contributed by atoms with Gasteiger partial charge in [-0.25, -0.2) is 4.39 Å². The lowest BCUT2D eigenvalue weighted by molar-refractivity contribution is -0.128. The fourth-order valence-corrected chi connectivity index (χ4v) is 2.50. The maximum Gasteiger partial charge on any atom is 0.279 e. The highest BCUT2D eigenvalue weighted by atomic mass is 32.1. The van der Waals surface area contributed by atoms with Gasteiger partial charge in [-0.2, -0.15) is 0 Å². The van der Waals surface area contributed by atoms with Crippen molar-refractivity contribution < 1.29 is 23.5 Å². The van der Waals surface area contributed by atoms with E-state index >= 15 is 0 Å². The van der Waals surface area contributed by atoms with Gasteiger partial charge in [0.25, 0.3) is 11.8 Å². The van der Waals surface area contributed by atoms with E-state index in [1.165, 1.54) is 44.2 Å². The molecule has 0 saturated heterocycles. The number of hydrazine groups is 1. The number of rotatable bonds is 5. The molecule has 2 amide bonds. The molecule has 0 fully saturated rings. The predicted molar refractivity (Wildman–Crippen MR) is 86.4 cm³/mol. The summed E-state index contributed by atoms with van der Waals surface area (Å²) in [4.78, 5) is 35.7. The highest BCUT2D eigenvalue weighted by Crippen LogP contribution is 2.16. The number of nitrogens with one attached hydrogen (secondary N) is 2. The van der Waals surface area contributed by atoms with Gasteiger partial charge in [-0.15, -0.1) is 11.3 Å². The number of Topliss-reactive ketones (excluding diaryl/α,β-unsaturated/α-hetero) is 1. The summed E-state index contributed by atoms with van der Waals surface area (Å²) in [5.74, 6) is -1.32. The van der Waals surface area contributed by atoms with Gasteiger partial charge in [0.1, 0.15) is 11.6 Å². The molecule has 6 nitrogen and oxygen atoms in total. The van der Waals surface area contributed by atoms with Crippen LogP contribution in [0.2, 0.25) is 0 Å². The van der Waals surface area contributed by atoms with E-state index < -0.39 is 23.7 Å². The molecule has 0 unspecified atom stereocenters. The van der Waals surface area contributed by atoms with Crippen LogP contribution in [0.5, 0.6) is 5.75 Å². The smallest absolute Gasteiger partial charge is 0.279 e. The van der Waals surface area contributed by atoms with Crippen LogP contribution in [0, 0.1) is 5.82 Å². The number of ether oxygens (including phenoxy) is 1. The highest BCUT2D eigenvalue weighted by Gasteiger charge is 2.17. The van der Waals surface area contributed by atoms with Crippen molar-refractivity contribution in [2.75, 3.05) is 0 Å². The maximum atomic E-state index is 12.8. The zero-order chi connectivity index (χ0) is 17.7. The Hall–Kier alpha value is -2.74. The summed E-state index contributed by atoms with van der Waals surface area (Å²) in [5.41, 5.74) is 4.48. The van der Waals surface area contributed by atoms with Gasteiger partial charge in [0, 0.05) is 0 Å². The molecule has 8 heteroatoms. The van der Waals surface area contributed by atoms with Crippen molar-refractivity contribution in [1.82, 2.24) is 10.9 Å². The minimum absolute atomic E-state index is 0.135. The Labute approximate surface area is 141 Å². The van der Waals surface area contributed by atoms with Crippen molar-refractivity contribution in [3.05, 3.63) is 52.0 Å². The topological polar surface area (TPSA) is 84.5 Å². The quantitative estimate of drug-likeness (QED) is 0.640. The molecule has 0 saturated carbocycles. The highest BCUT2D eigenvalue weighted by molar-refractivity contribution is 7.15. The van der Waals surface area contributed by atoms with Gasteiger partial charge >= 0.3 is 0 Å². The molecule has 24 heavy (non-hydrogen) atoms. The first-order valence-electron chi connectivity index (χ1n) is 7.00. The fraction of sp³-hybridized carbons (Fsp3) is 0.188. The zero-order valence-corrected chi connectivity index (χ0v) is 13.8. The van der Waals surface area contributed by atoms with Crippen molar-refractivity contribution in [2.24, 2.45) is 0 Å². The van der Waals surface area contributed by atoms with Gasteiger partial charge in [0.2, 0.25) is 0 Å². The molecule has 0 spiro atoms. The Morgan fingerprint density at radius 1 is 1.04 bits per heavy atom. The second-order valence-electron chi connectivity index (χ2n) is 4.88. The number of carbonyl (C=O) groups excluding carboxylic acids is 3. The summed E-state index contributed by atoms with van der Waals surface area (Å²) in [7, 11) is 0. The number of hydrogen-bond donors (Lipinski definition) is 2. The number of amides is 2. The zero-order valence-electron chi connectivity index (χ0n) is 13.0. The molecule has 0 aliphatic heterocycles. The van der Waals surface area contributed by atoms with Crippen molar-refractivity contribution in [3.63, 3.8) is 0 Å². The number of halogens is 1. The molecule has 0 radical (unpaired) electrons. The molecule has 0 bridgehead atoms. The third kappa shape index (κ3) is 4.63. The van der Waals surface area contributed by atoms with Crippen LogP contribution in [0.15, 0.2) is 36.4 Å². The monoisotopic (exact) mass is 350 g/mol. The standard InChI is InChI=1S/C16H15FN2O4S/c1-9(20)13-7-8-14(24-13)16(22)19-18-15(21)10(2)23-12-5-3-11(17)4-6-12/h3-8,10H,1-2H3,(H,18,21)(H,19,22)/t10-/m1/s1. The number of hydrogen-bond acceptors (Lipinski definition) is 5. The Kier molecular flexibility index (Phi) is 5.64. The molecule has 0 aliphatic rings. The minimum atomic E-state index is -0.896. The lowest BCUT2D eigenvalue weighted by atomic mass is 10.3. The van der Waals surface area contributed by atoms with Crippen LogP contribution in [0.4, 0.5) is 4.39 Å². The largest absolute Gasteiger partial charge is 0.481 e. The van der Waals surface area contributed by atoms with E-state index in [0.29, 0.717) is 15.5 Å². The molecule has 126 valence electrons. The first-order chi connectivity index (χ1) is 11.4. The second kappa shape index (κ2) is 7.69. The number of thiophene rings is 1. The second-order valence-corrected chi connectivity index (χ2v) is 5.96. The van der Waals surface area contributed by atoms with Crippen LogP contribution < -0.4 is 15.6 Å². The van der Waals surface area contributed by atoms with Gasteiger partial charge in [0.15, 0.2) is 11.9 Å². The maximum absolute atomic E-state index is 12.8. The van der Waals surface area contributed by atoms with Gasteiger partial charge in [-0.05, 0) is 50.2 Å². The molecule has 1 heterocycles. The predicted octanol–water partition coefficient (Wildman–Crippen LogP) is 2.32. The summed E-state index contributed by atoms with van der Waals surface area (Å²) in [5, 5.41) is 0. The Balaban J connectivity index is 1.85. The summed E-state index contributed by atoms with van der Waals surface area (Å²) < 4.78 is 18.1. The summed E-state index contributed by atoms with van der Waals surface area (Å²) in [6, 6.07) is 8.26. The van der Waals surface area contributed by atoms with Crippen LogP contribution in [-0.2, 0) is 4.79 Å². The Morgan fingerprint density at radius 3 is 2.25 bits per heavy atom. The van der Waals surface area contributed by atoms with Crippen molar-refractivity contribution >= 4 is 28.9 Å². The number of carbonyl (C=O) groups is 3. The van der Waals surface area contributed by atoms with Crippen LogP contribution in [0.25, 0.3) is 0 Å². The first-order valence-corrected chi connectivity index (χ1v) is 7.81. The molecule has 2 N–H and O–H groups in total.